The van der Waals surface area contributed by atoms with Crippen LogP contribution in [0.3, 0.4) is 0 Å². The summed E-state index contributed by atoms with van der Waals surface area (Å²) in [4.78, 5) is 26.9. The third-order valence-corrected chi connectivity index (χ3v) is 3.93. The largest absolute Gasteiger partial charge is 0.496 e. The van der Waals surface area contributed by atoms with E-state index in [0.717, 1.165) is 32.4 Å². The fourth-order valence-corrected chi connectivity index (χ4v) is 2.80. The number of ether oxygens (including phenoxy) is 1. The van der Waals surface area contributed by atoms with E-state index < -0.39 is 6.04 Å². The number of amides is 2. The zero-order valence-electron chi connectivity index (χ0n) is 13.3. The van der Waals surface area contributed by atoms with E-state index in [9.17, 15) is 9.59 Å². The molecule has 1 aromatic carbocycles. The molecule has 0 radical (unpaired) electrons. The Bertz CT molecular complexity index is 530. The molecule has 0 aliphatic carbocycles. The molecule has 1 aromatic rings. The molecule has 1 saturated heterocycles. The lowest BCUT2D eigenvalue weighted by atomic mass is 10.1. The van der Waals surface area contributed by atoms with Gasteiger partial charge in [0.1, 0.15) is 11.8 Å². The average molecular weight is 304 g/mol. The van der Waals surface area contributed by atoms with Gasteiger partial charge in [-0.1, -0.05) is 19.1 Å². The van der Waals surface area contributed by atoms with Crippen LogP contribution in [0.25, 0.3) is 0 Å². The molecule has 1 aliphatic heterocycles. The maximum absolute atomic E-state index is 12.5. The minimum absolute atomic E-state index is 0.0302. The predicted octanol–water partition coefficient (Wildman–Crippen LogP) is 2.22. The lowest BCUT2D eigenvalue weighted by Crippen LogP contribution is -2.47. The second kappa shape index (κ2) is 7.82. The van der Waals surface area contributed by atoms with Crippen LogP contribution in [0, 0.1) is 0 Å². The number of carbonyl (C=O) groups excluding carboxylic acids is 2. The molecule has 0 spiro atoms. The number of benzene rings is 1. The number of carbonyl (C=O) groups is 2. The van der Waals surface area contributed by atoms with Gasteiger partial charge < -0.3 is 15.0 Å². The molecule has 1 heterocycles. The molecule has 1 fully saturated rings. The molecular weight excluding hydrogens is 280 g/mol. The van der Waals surface area contributed by atoms with Crippen molar-refractivity contribution in [2.75, 3.05) is 20.2 Å². The smallest absolute Gasteiger partial charge is 0.255 e. The highest BCUT2D eigenvalue weighted by Gasteiger charge is 2.28. The van der Waals surface area contributed by atoms with Crippen molar-refractivity contribution in [2.45, 2.75) is 38.6 Å². The molecule has 1 N–H and O–H groups in total. The Balaban J connectivity index is 2.10. The number of hydrogen-bond acceptors (Lipinski definition) is 3. The normalized spacial score (nSPS) is 18.7. The van der Waals surface area contributed by atoms with Crippen LogP contribution in [-0.2, 0) is 4.79 Å². The van der Waals surface area contributed by atoms with Gasteiger partial charge in [-0.15, -0.1) is 0 Å². The molecule has 120 valence electrons. The molecule has 22 heavy (non-hydrogen) atoms. The summed E-state index contributed by atoms with van der Waals surface area (Å²) < 4.78 is 5.21. The summed E-state index contributed by atoms with van der Waals surface area (Å²) in [7, 11) is 1.53. The van der Waals surface area contributed by atoms with Crippen molar-refractivity contribution < 1.29 is 14.3 Å². The summed E-state index contributed by atoms with van der Waals surface area (Å²) in [6.45, 7) is 3.59. The van der Waals surface area contributed by atoms with Crippen LogP contribution < -0.4 is 10.1 Å². The molecule has 1 atom stereocenters. The summed E-state index contributed by atoms with van der Waals surface area (Å²) in [5.41, 5.74) is 0.462. The van der Waals surface area contributed by atoms with Crippen molar-refractivity contribution in [3.63, 3.8) is 0 Å². The Morgan fingerprint density at radius 1 is 1.36 bits per heavy atom. The lowest BCUT2D eigenvalue weighted by Gasteiger charge is -2.24. The highest BCUT2D eigenvalue weighted by Crippen LogP contribution is 2.18. The van der Waals surface area contributed by atoms with Gasteiger partial charge in [-0.2, -0.15) is 0 Å². The van der Waals surface area contributed by atoms with E-state index in [1.54, 1.807) is 18.2 Å². The first-order valence-electron chi connectivity index (χ1n) is 7.90. The van der Waals surface area contributed by atoms with Gasteiger partial charge in [0.05, 0.1) is 12.7 Å². The highest BCUT2D eigenvalue weighted by molar-refractivity contribution is 5.99. The van der Waals surface area contributed by atoms with Crippen LogP contribution in [-0.4, -0.2) is 43.0 Å². The summed E-state index contributed by atoms with van der Waals surface area (Å²) in [5, 5.41) is 2.88. The molecule has 5 nitrogen and oxygen atoms in total. The monoisotopic (exact) mass is 304 g/mol. The van der Waals surface area contributed by atoms with Gasteiger partial charge in [0.15, 0.2) is 0 Å². The zero-order valence-corrected chi connectivity index (χ0v) is 13.3. The third kappa shape index (κ3) is 3.78. The fraction of sp³-hybridized carbons (Fsp3) is 0.529. The minimum atomic E-state index is -0.438. The summed E-state index contributed by atoms with van der Waals surface area (Å²) >= 11 is 0. The number of hydrogen-bond donors (Lipinski definition) is 1. The van der Waals surface area contributed by atoms with Gasteiger partial charge in [-0.3, -0.25) is 9.59 Å². The van der Waals surface area contributed by atoms with E-state index >= 15 is 0 Å². The first-order valence-corrected chi connectivity index (χ1v) is 7.90. The SMILES string of the molecule is CCCN1CCCCC(NC(=O)c2ccccc2OC)C1=O. The summed E-state index contributed by atoms with van der Waals surface area (Å²) in [6, 6.07) is 6.61. The van der Waals surface area contributed by atoms with Crippen LogP contribution in [0.4, 0.5) is 0 Å². The standard InChI is InChI=1S/C17H24N2O3/c1-3-11-19-12-7-6-9-14(17(19)21)18-16(20)13-8-4-5-10-15(13)22-2/h4-5,8,10,14H,3,6-7,9,11-12H2,1-2H3,(H,18,20). The topological polar surface area (TPSA) is 58.6 Å². The van der Waals surface area contributed by atoms with E-state index in [0.29, 0.717) is 17.7 Å². The van der Waals surface area contributed by atoms with Crippen LogP contribution in [0.2, 0.25) is 0 Å². The van der Waals surface area contributed by atoms with Crippen molar-refractivity contribution in [3.05, 3.63) is 29.8 Å². The second-order valence-electron chi connectivity index (χ2n) is 5.55. The van der Waals surface area contributed by atoms with Crippen LogP contribution in [0.15, 0.2) is 24.3 Å². The number of para-hydroxylation sites is 1. The Morgan fingerprint density at radius 3 is 2.86 bits per heavy atom. The molecule has 1 unspecified atom stereocenters. The van der Waals surface area contributed by atoms with Crippen LogP contribution in [0.5, 0.6) is 5.75 Å². The number of nitrogens with zero attached hydrogens (tertiary/aromatic N) is 1. The summed E-state index contributed by atoms with van der Waals surface area (Å²) in [5.74, 6) is 0.295. The second-order valence-corrected chi connectivity index (χ2v) is 5.55. The number of rotatable bonds is 5. The van der Waals surface area contributed by atoms with E-state index in [2.05, 4.69) is 12.2 Å². The van der Waals surface area contributed by atoms with Crippen molar-refractivity contribution >= 4 is 11.8 Å². The van der Waals surface area contributed by atoms with Crippen LogP contribution >= 0.6 is 0 Å². The van der Waals surface area contributed by atoms with E-state index in [4.69, 9.17) is 4.74 Å². The van der Waals surface area contributed by atoms with E-state index in [1.165, 1.54) is 7.11 Å². The van der Waals surface area contributed by atoms with Gasteiger partial charge >= 0.3 is 0 Å². The quantitative estimate of drug-likeness (QED) is 0.907. The maximum atomic E-state index is 12.5. The molecule has 0 saturated carbocycles. The molecule has 1 aliphatic rings. The van der Waals surface area contributed by atoms with Gasteiger partial charge in [0.25, 0.3) is 5.91 Å². The Morgan fingerprint density at radius 2 is 2.14 bits per heavy atom. The number of nitrogens with one attached hydrogen (secondary N) is 1. The minimum Gasteiger partial charge on any atom is -0.496 e. The van der Waals surface area contributed by atoms with Gasteiger partial charge in [0.2, 0.25) is 5.91 Å². The average Bonchev–Trinajstić information content (AvgIpc) is 2.71. The van der Waals surface area contributed by atoms with Gasteiger partial charge in [-0.25, -0.2) is 0 Å². The Hall–Kier alpha value is -2.04. The van der Waals surface area contributed by atoms with Crippen molar-refractivity contribution in [1.29, 1.82) is 0 Å². The van der Waals surface area contributed by atoms with Crippen molar-refractivity contribution in [2.24, 2.45) is 0 Å². The maximum Gasteiger partial charge on any atom is 0.255 e. The van der Waals surface area contributed by atoms with Gasteiger partial charge in [0, 0.05) is 13.1 Å². The van der Waals surface area contributed by atoms with Crippen LogP contribution in [0.1, 0.15) is 43.0 Å². The zero-order chi connectivity index (χ0) is 15.9. The van der Waals surface area contributed by atoms with Gasteiger partial charge in [-0.05, 0) is 37.8 Å². The first-order chi connectivity index (χ1) is 10.7. The predicted molar refractivity (Wildman–Crippen MR) is 85.0 cm³/mol. The summed E-state index contributed by atoms with van der Waals surface area (Å²) in [6.07, 6.45) is 3.56. The molecular formula is C17H24N2O3. The Labute approximate surface area is 131 Å². The highest BCUT2D eigenvalue weighted by atomic mass is 16.5. The van der Waals surface area contributed by atoms with E-state index in [1.807, 2.05) is 11.0 Å². The first kappa shape index (κ1) is 16.3. The number of methoxy groups -OCH3 is 1. The molecule has 5 heteroatoms. The fourth-order valence-electron chi connectivity index (χ4n) is 2.80. The third-order valence-electron chi connectivity index (χ3n) is 3.93. The molecule has 2 amide bonds. The Kier molecular flexibility index (Phi) is 5.81. The molecule has 0 aromatic heterocycles. The molecule has 2 rings (SSSR count). The molecule has 0 bridgehead atoms. The van der Waals surface area contributed by atoms with Crippen molar-refractivity contribution in [1.82, 2.24) is 10.2 Å². The van der Waals surface area contributed by atoms with Crippen molar-refractivity contribution in [3.8, 4) is 5.75 Å². The lowest BCUT2D eigenvalue weighted by molar-refractivity contribution is -0.132. The van der Waals surface area contributed by atoms with E-state index in [-0.39, 0.29) is 11.8 Å². The number of likely N-dealkylation sites (tertiary alicyclic amines) is 1.